The maximum atomic E-state index is 13.1. The summed E-state index contributed by atoms with van der Waals surface area (Å²) in [5, 5.41) is 11.5. The van der Waals surface area contributed by atoms with Gasteiger partial charge in [-0.1, -0.05) is 48.5 Å². The van der Waals surface area contributed by atoms with Crippen molar-refractivity contribution in [3.63, 3.8) is 0 Å². The van der Waals surface area contributed by atoms with Crippen molar-refractivity contribution in [2.45, 2.75) is 45.6 Å². The molecule has 1 saturated heterocycles. The van der Waals surface area contributed by atoms with E-state index in [2.05, 4.69) is 25.5 Å². The fourth-order valence-corrected chi connectivity index (χ4v) is 5.15. The van der Waals surface area contributed by atoms with E-state index in [-0.39, 0.29) is 17.5 Å². The van der Waals surface area contributed by atoms with E-state index in [1.807, 2.05) is 88.5 Å². The second-order valence-electron chi connectivity index (χ2n) is 12.0. The molecule has 0 saturated carbocycles. The van der Waals surface area contributed by atoms with E-state index in [0.29, 0.717) is 24.4 Å². The number of hydrogen-bond acceptors (Lipinski definition) is 8. The Kier molecular flexibility index (Phi) is 9.76. The van der Waals surface area contributed by atoms with E-state index < -0.39 is 5.54 Å². The van der Waals surface area contributed by atoms with Crippen LogP contribution in [0.5, 0.6) is 0 Å². The molecule has 0 unspecified atom stereocenters. The molecule has 12 nitrogen and oxygen atoms in total. The molecule has 1 fully saturated rings. The molecule has 5 aromatic rings. The van der Waals surface area contributed by atoms with E-state index in [9.17, 15) is 9.59 Å². The van der Waals surface area contributed by atoms with Gasteiger partial charge in [0.15, 0.2) is 5.82 Å². The molecule has 0 spiro atoms. The van der Waals surface area contributed by atoms with Crippen LogP contribution in [0.1, 0.15) is 58.4 Å². The number of nitrogens with two attached hydrogens (primary N) is 1. The Labute approximate surface area is 268 Å². The third-order valence-electron chi connectivity index (χ3n) is 7.76. The van der Waals surface area contributed by atoms with E-state index in [1.165, 1.54) is 10.9 Å². The average molecular weight is 624 g/mol. The molecule has 3 aromatic heterocycles. The average Bonchev–Trinajstić information content (AvgIpc) is 3.69. The van der Waals surface area contributed by atoms with Crippen molar-refractivity contribution in [1.82, 2.24) is 39.7 Å². The minimum atomic E-state index is -0.617. The molecular weight excluding hydrogens is 582 g/mol. The van der Waals surface area contributed by atoms with Gasteiger partial charge in [0.05, 0.1) is 17.5 Å². The number of rotatable bonds is 9. The predicted octanol–water partition coefficient (Wildman–Crippen LogP) is 3.96. The minimum absolute atomic E-state index is 0.151. The Bertz CT molecular complexity index is 1780. The highest BCUT2D eigenvalue weighted by Crippen LogP contribution is 2.25. The number of carbonyl (C=O) groups is 2. The second kappa shape index (κ2) is 13.9. The van der Waals surface area contributed by atoms with Gasteiger partial charge in [0, 0.05) is 56.7 Å². The zero-order chi connectivity index (χ0) is 32.8. The summed E-state index contributed by atoms with van der Waals surface area (Å²) in [5.74, 6) is 2.48. The van der Waals surface area contributed by atoms with Crippen LogP contribution in [0.15, 0.2) is 71.3 Å². The summed E-state index contributed by atoms with van der Waals surface area (Å²) in [6, 6.07) is 19.6. The number of aryl methyl sites for hydroxylation is 3. The van der Waals surface area contributed by atoms with Gasteiger partial charge in [-0.3, -0.25) is 19.0 Å². The van der Waals surface area contributed by atoms with Crippen molar-refractivity contribution in [3.8, 4) is 22.8 Å². The summed E-state index contributed by atoms with van der Waals surface area (Å²) in [7, 11) is 3.56. The molecule has 3 N–H and O–H groups in total. The van der Waals surface area contributed by atoms with E-state index in [0.717, 1.165) is 60.2 Å². The Morgan fingerprint density at radius 2 is 1.61 bits per heavy atom. The number of amides is 2. The highest BCUT2D eigenvalue weighted by atomic mass is 16.4. The second-order valence-corrected chi connectivity index (χ2v) is 12.0. The third kappa shape index (κ3) is 7.40. The van der Waals surface area contributed by atoms with Gasteiger partial charge in [-0.15, -0.1) is 0 Å². The Morgan fingerprint density at radius 3 is 2.22 bits per heavy atom. The number of nitrogens with zero attached hydrogens (tertiary/aromatic N) is 7. The number of likely N-dealkylation sites (tertiary alicyclic amines) is 1. The lowest BCUT2D eigenvalue weighted by molar-refractivity contribution is 0.0645. The highest BCUT2D eigenvalue weighted by Gasteiger charge is 2.32. The highest BCUT2D eigenvalue weighted by molar-refractivity contribution is 6.06. The first kappa shape index (κ1) is 32.3. The van der Waals surface area contributed by atoms with Crippen LogP contribution in [0.3, 0.4) is 0 Å². The van der Waals surface area contributed by atoms with Crippen LogP contribution in [0.4, 0.5) is 0 Å². The lowest BCUT2D eigenvalue weighted by atomic mass is 9.97. The number of oxazole rings is 1. The van der Waals surface area contributed by atoms with Crippen molar-refractivity contribution in [2.75, 3.05) is 19.6 Å². The molecule has 0 aliphatic carbocycles. The van der Waals surface area contributed by atoms with E-state index in [4.69, 9.17) is 10.2 Å². The maximum absolute atomic E-state index is 13.1. The van der Waals surface area contributed by atoms with Crippen LogP contribution in [-0.2, 0) is 26.9 Å². The molecule has 1 aliphatic rings. The number of carbonyl (C=O) groups excluding carboxylic acids is 2. The summed E-state index contributed by atoms with van der Waals surface area (Å²) in [5.41, 5.74) is 8.21. The molecule has 2 amide bonds. The van der Waals surface area contributed by atoms with Gasteiger partial charge in [-0.05, 0) is 45.9 Å². The van der Waals surface area contributed by atoms with Gasteiger partial charge < -0.3 is 20.4 Å². The predicted molar refractivity (Wildman–Crippen MR) is 175 cm³/mol. The van der Waals surface area contributed by atoms with Gasteiger partial charge in [0.25, 0.3) is 11.8 Å². The molecule has 46 heavy (non-hydrogen) atoms. The standard InChI is InChI=1S/C23H27N5O3.C11H14N4/c1-15-18(25-21(31-15)16-9-6-5-7-10-16)13-23(2,3)26-20(29)19-17(14-24-27(19)4)22(30)28-11-8-12-28;1-15-10(7-8-12)13-11(14-15)9-5-3-2-4-6-9/h5-7,9-10,14H,8,11-13H2,1-4H3,(H,26,29);2-6H,7-8,12H2,1H3. The summed E-state index contributed by atoms with van der Waals surface area (Å²) < 4.78 is 9.09. The maximum Gasteiger partial charge on any atom is 0.270 e. The van der Waals surface area contributed by atoms with Crippen LogP contribution in [0, 0.1) is 6.92 Å². The molecular formula is C34H41N9O3. The van der Waals surface area contributed by atoms with Crippen molar-refractivity contribution in [3.05, 3.63) is 95.4 Å². The number of aromatic nitrogens is 6. The van der Waals surface area contributed by atoms with Gasteiger partial charge in [0.1, 0.15) is 17.3 Å². The zero-order valence-corrected chi connectivity index (χ0v) is 27.0. The van der Waals surface area contributed by atoms with Gasteiger partial charge in [-0.25, -0.2) is 9.97 Å². The van der Waals surface area contributed by atoms with Crippen LogP contribution in [0.25, 0.3) is 22.8 Å². The molecule has 0 atom stereocenters. The van der Waals surface area contributed by atoms with Gasteiger partial charge in [0.2, 0.25) is 5.89 Å². The van der Waals surface area contributed by atoms with Crippen LogP contribution < -0.4 is 11.1 Å². The normalized spacial score (nSPS) is 12.7. The van der Waals surface area contributed by atoms with Crippen LogP contribution >= 0.6 is 0 Å². The summed E-state index contributed by atoms with van der Waals surface area (Å²) >= 11 is 0. The fraction of sp³-hybridized carbons (Fsp3) is 0.353. The number of benzene rings is 2. The Morgan fingerprint density at radius 1 is 0.957 bits per heavy atom. The number of nitrogens with one attached hydrogen (secondary N) is 1. The van der Waals surface area contributed by atoms with Crippen molar-refractivity contribution < 1.29 is 14.0 Å². The van der Waals surface area contributed by atoms with Gasteiger partial charge >= 0.3 is 0 Å². The van der Waals surface area contributed by atoms with Crippen molar-refractivity contribution >= 4 is 11.8 Å². The topological polar surface area (TPSA) is 150 Å². The molecule has 240 valence electrons. The summed E-state index contributed by atoms with van der Waals surface area (Å²) in [4.78, 5) is 36.6. The smallest absolute Gasteiger partial charge is 0.270 e. The molecule has 1 aliphatic heterocycles. The summed E-state index contributed by atoms with van der Waals surface area (Å²) in [6.07, 6.45) is 3.70. The van der Waals surface area contributed by atoms with Crippen LogP contribution in [-0.4, -0.2) is 71.4 Å². The third-order valence-corrected chi connectivity index (χ3v) is 7.76. The zero-order valence-electron chi connectivity index (χ0n) is 27.0. The first-order valence-electron chi connectivity index (χ1n) is 15.4. The SMILES string of the molecule is Cc1oc(-c2ccccc2)nc1CC(C)(C)NC(=O)c1c(C(=O)N2CCC2)cnn1C.Cn1nc(-c2ccccc2)nc1CCN. The molecule has 4 heterocycles. The monoisotopic (exact) mass is 623 g/mol. The molecule has 2 aromatic carbocycles. The molecule has 0 bridgehead atoms. The first-order valence-corrected chi connectivity index (χ1v) is 15.4. The van der Waals surface area contributed by atoms with Crippen molar-refractivity contribution in [1.29, 1.82) is 0 Å². The summed E-state index contributed by atoms with van der Waals surface area (Å²) in [6.45, 7) is 7.76. The molecule has 0 radical (unpaired) electrons. The first-order chi connectivity index (χ1) is 22.1. The molecule has 6 rings (SSSR count). The fourth-order valence-electron chi connectivity index (χ4n) is 5.15. The van der Waals surface area contributed by atoms with Gasteiger partial charge in [-0.2, -0.15) is 10.2 Å². The lowest BCUT2D eigenvalue weighted by Crippen LogP contribution is -2.47. The largest absolute Gasteiger partial charge is 0.441 e. The Balaban J connectivity index is 0.000000232. The van der Waals surface area contributed by atoms with Crippen molar-refractivity contribution in [2.24, 2.45) is 19.8 Å². The van der Waals surface area contributed by atoms with E-state index >= 15 is 0 Å². The lowest BCUT2D eigenvalue weighted by Gasteiger charge is -2.31. The Hall–Kier alpha value is -5.10. The van der Waals surface area contributed by atoms with Crippen LogP contribution in [0.2, 0.25) is 0 Å². The quantitative estimate of drug-likeness (QED) is 0.251. The minimum Gasteiger partial charge on any atom is -0.441 e. The van der Waals surface area contributed by atoms with E-state index in [1.54, 1.807) is 16.6 Å². The molecule has 12 heteroatoms. The number of hydrogen-bond donors (Lipinski definition) is 2.